The SMILES string of the molecule is CC(C)c1nn(CCCN(C)C)c2c1C(=O)CCC2. The highest BCUT2D eigenvalue weighted by Crippen LogP contribution is 2.28. The molecule has 0 aromatic carbocycles. The van der Waals surface area contributed by atoms with Crippen molar-refractivity contribution in [2.24, 2.45) is 0 Å². The van der Waals surface area contributed by atoms with Crippen LogP contribution in [-0.4, -0.2) is 41.1 Å². The summed E-state index contributed by atoms with van der Waals surface area (Å²) in [6.07, 6.45) is 3.74. The molecule has 4 heteroatoms. The Bertz CT molecular complexity index is 460. The monoisotopic (exact) mass is 263 g/mol. The van der Waals surface area contributed by atoms with Gasteiger partial charge in [0.1, 0.15) is 0 Å². The van der Waals surface area contributed by atoms with Gasteiger partial charge < -0.3 is 4.90 Å². The van der Waals surface area contributed by atoms with Crippen LogP contribution in [0.1, 0.15) is 60.8 Å². The second kappa shape index (κ2) is 5.87. The Hall–Kier alpha value is -1.16. The van der Waals surface area contributed by atoms with Crippen LogP contribution in [0.2, 0.25) is 0 Å². The topological polar surface area (TPSA) is 38.1 Å². The smallest absolute Gasteiger partial charge is 0.166 e. The molecule has 0 saturated carbocycles. The highest BCUT2D eigenvalue weighted by Gasteiger charge is 2.27. The van der Waals surface area contributed by atoms with E-state index in [4.69, 9.17) is 5.10 Å². The Labute approximate surface area is 115 Å². The summed E-state index contributed by atoms with van der Waals surface area (Å²) in [4.78, 5) is 14.3. The van der Waals surface area contributed by atoms with E-state index >= 15 is 0 Å². The summed E-state index contributed by atoms with van der Waals surface area (Å²) in [5.74, 6) is 0.620. The van der Waals surface area contributed by atoms with E-state index < -0.39 is 0 Å². The van der Waals surface area contributed by atoms with Crippen molar-refractivity contribution in [3.05, 3.63) is 17.0 Å². The van der Waals surface area contributed by atoms with Gasteiger partial charge in [0.15, 0.2) is 5.78 Å². The van der Waals surface area contributed by atoms with Crippen LogP contribution in [0.4, 0.5) is 0 Å². The molecular formula is C15H25N3O. The average molecular weight is 263 g/mol. The molecule has 0 fully saturated rings. The zero-order valence-electron chi connectivity index (χ0n) is 12.6. The standard InChI is InChI=1S/C15H25N3O/c1-11(2)15-14-12(7-5-8-13(14)19)18(16-15)10-6-9-17(3)4/h11H,5-10H2,1-4H3. The van der Waals surface area contributed by atoms with Gasteiger partial charge in [-0.15, -0.1) is 0 Å². The van der Waals surface area contributed by atoms with Crippen molar-refractivity contribution in [1.29, 1.82) is 0 Å². The summed E-state index contributed by atoms with van der Waals surface area (Å²) in [5.41, 5.74) is 3.12. The van der Waals surface area contributed by atoms with Crippen molar-refractivity contribution < 1.29 is 4.79 Å². The van der Waals surface area contributed by atoms with Gasteiger partial charge in [-0.25, -0.2) is 0 Å². The van der Waals surface area contributed by atoms with Crippen LogP contribution < -0.4 is 0 Å². The Balaban J connectivity index is 2.24. The van der Waals surface area contributed by atoms with Gasteiger partial charge in [0.25, 0.3) is 0 Å². The number of nitrogens with zero attached hydrogens (tertiary/aromatic N) is 3. The lowest BCUT2D eigenvalue weighted by Crippen LogP contribution is -2.18. The van der Waals surface area contributed by atoms with Crippen molar-refractivity contribution in [3.8, 4) is 0 Å². The molecule has 0 unspecified atom stereocenters. The molecule has 0 bridgehead atoms. The summed E-state index contributed by atoms with van der Waals surface area (Å²) in [7, 11) is 4.17. The third kappa shape index (κ3) is 3.06. The molecule has 1 aliphatic carbocycles. The van der Waals surface area contributed by atoms with Crippen LogP contribution in [0.25, 0.3) is 0 Å². The molecular weight excluding hydrogens is 238 g/mol. The number of Topliss-reactive ketones (excluding diaryl/α,β-unsaturated/α-hetero) is 1. The Kier molecular flexibility index (Phi) is 4.40. The first-order valence-electron chi connectivity index (χ1n) is 7.28. The van der Waals surface area contributed by atoms with Gasteiger partial charge in [0, 0.05) is 18.7 Å². The van der Waals surface area contributed by atoms with Gasteiger partial charge in [-0.2, -0.15) is 5.10 Å². The number of hydrogen-bond donors (Lipinski definition) is 0. The first-order valence-corrected chi connectivity index (χ1v) is 7.28. The fourth-order valence-corrected chi connectivity index (χ4v) is 2.74. The van der Waals surface area contributed by atoms with E-state index in [0.717, 1.165) is 43.6 Å². The van der Waals surface area contributed by atoms with Crippen LogP contribution in [-0.2, 0) is 13.0 Å². The van der Waals surface area contributed by atoms with Crippen molar-refractivity contribution in [2.45, 2.75) is 52.0 Å². The number of carbonyl (C=O) groups excluding carboxylic acids is 1. The second-order valence-electron chi connectivity index (χ2n) is 6.02. The molecule has 1 heterocycles. The van der Waals surface area contributed by atoms with Crippen molar-refractivity contribution in [3.63, 3.8) is 0 Å². The number of ketones is 1. The van der Waals surface area contributed by atoms with Crippen molar-refractivity contribution in [2.75, 3.05) is 20.6 Å². The van der Waals surface area contributed by atoms with Gasteiger partial charge in [-0.3, -0.25) is 9.48 Å². The second-order valence-corrected chi connectivity index (χ2v) is 6.02. The van der Waals surface area contributed by atoms with E-state index in [1.807, 2.05) is 0 Å². The number of hydrogen-bond acceptors (Lipinski definition) is 3. The lowest BCUT2D eigenvalue weighted by Gasteiger charge is -2.14. The molecule has 1 aliphatic rings. The molecule has 19 heavy (non-hydrogen) atoms. The first-order chi connectivity index (χ1) is 9.00. The summed E-state index contributed by atoms with van der Waals surface area (Å²) in [5, 5.41) is 4.72. The highest BCUT2D eigenvalue weighted by molar-refractivity contribution is 5.99. The van der Waals surface area contributed by atoms with Crippen LogP contribution in [0, 0.1) is 0 Å². The molecule has 0 amide bonds. The maximum absolute atomic E-state index is 12.1. The minimum absolute atomic E-state index is 0.295. The van der Waals surface area contributed by atoms with Crippen molar-refractivity contribution >= 4 is 5.78 Å². The minimum atomic E-state index is 0.295. The van der Waals surface area contributed by atoms with Crippen LogP contribution in [0.15, 0.2) is 0 Å². The van der Waals surface area contributed by atoms with E-state index in [-0.39, 0.29) is 0 Å². The highest BCUT2D eigenvalue weighted by atomic mass is 16.1. The number of rotatable bonds is 5. The predicted octanol–water partition coefficient (Wildman–Crippen LogP) is 2.48. The fourth-order valence-electron chi connectivity index (χ4n) is 2.74. The number of aromatic nitrogens is 2. The lowest BCUT2D eigenvalue weighted by molar-refractivity contribution is 0.0970. The molecule has 0 N–H and O–H groups in total. The maximum atomic E-state index is 12.1. The number of fused-ring (bicyclic) bond motifs is 1. The summed E-state index contributed by atoms with van der Waals surface area (Å²) in [6.45, 7) is 6.21. The Morgan fingerprint density at radius 2 is 2.05 bits per heavy atom. The van der Waals surface area contributed by atoms with E-state index in [1.54, 1.807) is 0 Å². The molecule has 0 saturated heterocycles. The number of aryl methyl sites for hydroxylation is 1. The van der Waals surface area contributed by atoms with Gasteiger partial charge in [0.2, 0.25) is 0 Å². The summed E-state index contributed by atoms with van der Waals surface area (Å²) in [6, 6.07) is 0. The Morgan fingerprint density at radius 3 is 2.68 bits per heavy atom. The van der Waals surface area contributed by atoms with E-state index in [1.165, 1.54) is 5.69 Å². The van der Waals surface area contributed by atoms with Crippen molar-refractivity contribution in [1.82, 2.24) is 14.7 Å². The first kappa shape index (κ1) is 14.3. The largest absolute Gasteiger partial charge is 0.309 e. The molecule has 4 nitrogen and oxygen atoms in total. The molecule has 106 valence electrons. The van der Waals surface area contributed by atoms with Gasteiger partial charge in [-0.05, 0) is 45.8 Å². The molecule has 1 aromatic rings. The van der Waals surface area contributed by atoms with E-state index in [9.17, 15) is 4.79 Å². The zero-order chi connectivity index (χ0) is 14.0. The normalized spacial score (nSPS) is 15.4. The van der Waals surface area contributed by atoms with E-state index in [2.05, 4.69) is 37.5 Å². The van der Waals surface area contributed by atoms with Gasteiger partial charge in [-0.1, -0.05) is 13.8 Å². The third-order valence-corrected chi connectivity index (χ3v) is 3.70. The quantitative estimate of drug-likeness (QED) is 0.819. The van der Waals surface area contributed by atoms with Crippen LogP contribution in [0.5, 0.6) is 0 Å². The Morgan fingerprint density at radius 1 is 1.32 bits per heavy atom. The third-order valence-electron chi connectivity index (χ3n) is 3.70. The predicted molar refractivity (Wildman–Crippen MR) is 76.8 cm³/mol. The zero-order valence-corrected chi connectivity index (χ0v) is 12.6. The number of carbonyl (C=O) groups is 1. The van der Waals surface area contributed by atoms with Gasteiger partial charge >= 0.3 is 0 Å². The molecule has 0 aliphatic heterocycles. The average Bonchev–Trinajstić information content (AvgIpc) is 2.69. The maximum Gasteiger partial charge on any atom is 0.166 e. The fraction of sp³-hybridized carbons (Fsp3) is 0.733. The minimum Gasteiger partial charge on any atom is -0.309 e. The van der Waals surface area contributed by atoms with Crippen LogP contribution >= 0.6 is 0 Å². The molecule has 2 rings (SSSR count). The molecule has 0 atom stereocenters. The summed E-state index contributed by atoms with van der Waals surface area (Å²) < 4.78 is 2.09. The lowest BCUT2D eigenvalue weighted by atomic mass is 9.91. The van der Waals surface area contributed by atoms with Gasteiger partial charge in [0.05, 0.1) is 11.3 Å². The van der Waals surface area contributed by atoms with Crippen LogP contribution in [0.3, 0.4) is 0 Å². The van der Waals surface area contributed by atoms with E-state index in [0.29, 0.717) is 18.1 Å². The molecule has 1 aromatic heterocycles. The molecule has 0 spiro atoms. The molecule has 0 radical (unpaired) electrons. The summed E-state index contributed by atoms with van der Waals surface area (Å²) >= 11 is 0.